The molecule has 34 heavy (non-hydrogen) atoms. The molecule has 2 aromatic heterocycles. The van der Waals surface area contributed by atoms with E-state index in [4.69, 9.17) is 0 Å². The van der Waals surface area contributed by atoms with Crippen molar-refractivity contribution in [1.82, 2.24) is 25.5 Å². The van der Waals surface area contributed by atoms with Gasteiger partial charge < -0.3 is 15.3 Å². The lowest BCUT2D eigenvalue weighted by Gasteiger charge is -2.45. The zero-order valence-corrected chi connectivity index (χ0v) is 19.8. The summed E-state index contributed by atoms with van der Waals surface area (Å²) in [7, 11) is 1.82. The van der Waals surface area contributed by atoms with Crippen LogP contribution in [0.15, 0.2) is 41.7 Å². The second kappa shape index (κ2) is 9.42. The monoisotopic (exact) mass is 484 g/mol. The van der Waals surface area contributed by atoms with Crippen LogP contribution in [0, 0.1) is 5.82 Å². The van der Waals surface area contributed by atoms with Crippen LogP contribution < -0.4 is 10.2 Å². The van der Waals surface area contributed by atoms with Crippen LogP contribution in [-0.2, 0) is 0 Å². The zero-order valence-electron chi connectivity index (χ0n) is 18.9. The summed E-state index contributed by atoms with van der Waals surface area (Å²) < 4.78 is 29.2. The third kappa shape index (κ3) is 4.32. The number of hydrogen-bond donors (Lipinski definition) is 2. The van der Waals surface area contributed by atoms with Gasteiger partial charge >= 0.3 is 0 Å². The molecule has 0 amide bonds. The molecule has 2 aliphatic rings. The van der Waals surface area contributed by atoms with Gasteiger partial charge in [0.15, 0.2) is 17.5 Å². The molecule has 0 radical (unpaired) electrons. The quantitative estimate of drug-likeness (QED) is 0.521. The normalized spacial score (nSPS) is 24.1. The van der Waals surface area contributed by atoms with Crippen molar-refractivity contribution in [3.05, 3.63) is 42.5 Å². The summed E-state index contributed by atoms with van der Waals surface area (Å²) in [5.74, 6) is 0.281. The van der Waals surface area contributed by atoms with E-state index in [-0.39, 0.29) is 23.7 Å². The number of anilines is 1. The molecule has 10 heteroatoms. The summed E-state index contributed by atoms with van der Waals surface area (Å²) in [4.78, 5) is 10.3. The molecule has 2 saturated heterocycles. The number of halogens is 2. The molecule has 1 aromatic carbocycles. The molecule has 0 saturated carbocycles. The van der Waals surface area contributed by atoms with Gasteiger partial charge in [0.05, 0.1) is 17.8 Å². The Morgan fingerprint density at radius 2 is 1.97 bits per heavy atom. The Bertz CT molecular complexity index is 1180. The second-order valence-electron chi connectivity index (χ2n) is 8.85. The first-order chi connectivity index (χ1) is 16.4. The largest absolute Gasteiger partial charge is 0.507 e. The summed E-state index contributed by atoms with van der Waals surface area (Å²) in [5, 5.41) is 22.8. The van der Waals surface area contributed by atoms with Crippen molar-refractivity contribution in [1.29, 1.82) is 0 Å². The maximum atomic E-state index is 15.1. The highest BCUT2D eigenvalue weighted by atomic mass is 32.2. The minimum Gasteiger partial charge on any atom is -0.507 e. The summed E-state index contributed by atoms with van der Waals surface area (Å²) in [6.45, 7) is 0. The molecule has 3 aromatic rings. The molecule has 4 heterocycles. The molecule has 2 N–H and O–H groups in total. The van der Waals surface area contributed by atoms with Crippen LogP contribution in [0.25, 0.3) is 22.5 Å². The topological polar surface area (TPSA) is 87.1 Å². The molecular weight excluding hydrogens is 458 g/mol. The van der Waals surface area contributed by atoms with Crippen LogP contribution in [0.2, 0.25) is 0 Å². The number of pyridine rings is 1. The van der Waals surface area contributed by atoms with Gasteiger partial charge in [0.1, 0.15) is 16.9 Å². The number of thioether (sulfide) groups is 1. The first-order valence-electron chi connectivity index (χ1n) is 11.3. The number of rotatable bonds is 5. The smallest absolute Gasteiger partial charge is 0.185 e. The maximum Gasteiger partial charge on any atom is 0.185 e. The number of fused-ring (bicyclic) bond motifs is 2. The summed E-state index contributed by atoms with van der Waals surface area (Å²) in [5.41, 5.74) is 1.58. The molecule has 0 aliphatic carbocycles. The van der Waals surface area contributed by atoms with Crippen molar-refractivity contribution in [2.24, 2.45) is 0 Å². The van der Waals surface area contributed by atoms with E-state index in [1.807, 2.05) is 11.9 Å². The lowest BCUT2D eigenvalue weighted by molar-refractivity contribution is 0.107. The number of benzene rings is 1. The predicted molar refractivity (Wildman–Crippen MR) is 128 cm³/mol. The molecule has 2 aliphatic heterocycles. The molecule has 2 fully saturated rings. The van der Waals surface area contributed by atoms with Crippen molar-refractivity contribution < 1.29 is 13.9 Å². The van der Waals surface area contributed by atoms with Gasteiger partial charge in [-0.25, -0.2) is 18.7 Å². The Hall–Kier alpha value is -2.85. The number of phenols is 1. The van der Waals surface area contributed by atoms with Gasteiger partial charge in [-0.2, -0.15) is 0 Å². The van der Waals surface area contributed by atoms with E-state index in [1.54, 1.807) is 30.8 Å². The number of nitrogens with zero attached hydrogens (tertiary/aromatic N) is 5. The minimum atomic E-state index is -0.982. The molecule has 178 valence electrons. The highest BCUT2D eigenvalue weighted by Crippen LogP contribution is 2.34. The van der Waals surface area contributed by atoms with Crippen molar-refractivity contribution in [3.8, 4) is 28.3 Å². The van der Waals surface area contributed by atoms with E-state index >= 15 is 4.39 Å². The van der Waals surface area contributed by atoms with Gasteiger partial charge in [-0.1, -0.05) is 12.5 Å². The van der Waals surface area contributed by atoms with Crippen LogP contribution in [-0.4, -0.2) is 62.9 Å². The average molecular weight is 485 g/mol. The first kappa shape index (κ1) is 22.9. The van der Waals surface area contributed by atoms with Gasteiger partial charge in [-0.3, -0.25) is 0 Å². The molecule has 2 bridgehead atoms. The fourth-order valence-corrected chi connectivity index (χ4v) is 5.32. The van der Waals surface area contributed by atoms with E-state index in [2.05, 4.69) is 25.5 Å². The maximum absolute atomic E-state index is 15.1. The van der Waals surface area contributed by atoms with E-state index in [0.29, 0.717) is 40.0 Å². The number of nitrogens with one attached hydrogen (secondary N) is 1. The summed E-state index contributed by atoms with van der Waals surface area (Å²) in [6, 6.07) is 6.26. The van der Waals surface area contributed by atoms with Gasteiger partial charge in [0.25, 0.3) is 0 Å². The molecule has 4 atom stereocenters. The van der Waals surface area contributed by atoms with Crippen LogP contribution >= 0.6 is 11.8 Å². The third-order valence-corrected chi connectivity index (χ3v) is 7.46. The van der Waals surface area contributed by atoms with E-state index < -0.39 is 12.0 Å². The van der Waals surface area contributed by atoms with Crippen LogP contribution in [0.4, 0.5) is 14.6 Å². The number of aromatic nitrogens is 4. The Balaban J connectivity index is 1.34. The average Bonchev–Trinajstić information content (AvgIpc) is 2.86. The minimum absolute atomic E-state index is 0.0511. The van der Waals surface area contributed by atoms with Crippen LogP contribution in [0.1, 0.15) is 25.7 Å². The highest BCUT2D eigenvalue weighted by Gasteiger charge is 2.42. The van der Waals surface area contributed by atoms with E-state index in [0.717, 1.165) is 19.3 Å². The van der Waals surface area contributed by atoms with E-state index in [1.165, 1.54) is 23.9 Å². The number of phenolic OH excluding ortho intramolecular Hbond substituents is 1. The Morgan fingerprint density at radius 1 is 1.12 bits per heavy atom. The van der Waals surface area contributed by atoms with Gasteiger partial charge in [-0.05, 0) is 49.3 Å². The van der Waals surface area contributed by atoms with Crippen molar-refractivity contribution in [2.45, 2.75) is 55.0 Å². The van der Waals surface area contributed by atoms with Gasteiger partial charge in [-0.15, -0.1) is 22.0 Å². The lowest BCUT2D eigenvalue weighted by atomic mass is 9.82. The first-order valence-corrected chi connectivity index (χ1v) is 12.5. The Kier molecular flexibility index (Phi) is 6.35. The fourth-order valence-electron chi connectivity index (χ4n) is 4.91. The Morgan fingerprint density at radius 3 is 2.68 bits per heavy atom. The number of alkyl halides is 1. The van der Waals surface area contributed by atoms with Gasteiger partial charge in [0, 0.05) is 30.9 Å². The van der Waals surface area contributed by atoms with Crippen molar-refractivity contribution in [3.63, 3.8) is 0 Å². The Labute approximate surface area is 201 Å². The SMILES string of the molecule is CSc1ncc(-c2ccc(-c3ncc(N(C)[C@@H]4C[C@@H]5CCC[C@H](N5)[C@@H]4F)nn3)c(O)c2)cc1F. The predicted octanol–water partition coefficient (Wildman–Crippen LogP) is 4.22. The molecular formula is C24H26F2N6OS. The summed E-state index contributed by atoms with van der Waals surface area (Å²) in [6.07, 6.45) is 7.60. The summed E-state index contributed by atoms with van der Waals surface area (Å²) >= 11 is 1.23. The van der Waals surface area contributed by atoms with Crippen molar-refractivity contribution >= 4 is 17.6 Å². The van der Waals surface area contributed by atoms with Crippen molar-refractivity contribution in [2.75, 3.05) is 18.2 Å². The third-order valence-electron chi connectivity index (χ3n) is 6.78. The van der Waals surface area contributed by atoms with Gasteiger partial charge in [0.2, 0.25) is 0 Å². The molecule has 0 unspecified atom stereocenters. The number of piperidine rings is 2. The zero-order chi connectivity index (χ0) is 23.8. The van der Waals surface area contributed by atoms with Crippen LogP contribution in [0.3, 0.4) is 0 Å². The van der Waals surface area contributed by atoms with Crippen LogP contribution in [0.5, 0.6) is 5.75 Å². The van der Waals surface area contributed by atoms with E-state index in [9.17, 15) is 9.50 Å². The standard InChI is InChI=1S/C24H26F2N6OS/c1-32(19-10-15-4-3-5-18(29-15)22(19)26)21-12-27-23(31-30-21)16-7-6-13(9-20(16)33)14-8-17(25)24(34-2)28-11-14/h6-9,11-12,15,18-19,22,29,33H,3-5,10H2,1-2H3/t15-,18-,19+,22-/m0/s1. The lowest BCUT2D eigenvalue weighted by Crippen LogP contribution is -2.61. The number of aromatic hydroxyl groups is 1. The molecule has 0 spiro atoms. The second-order valence-corrected chi connectivity index (χ2v) is 9.64. The molecule has 7 nitrogen and oxygen atoms in total. The highest BCUT2D eigenvalue weighted by molar-refractivity contribution is 7.98. The fraction of sp³-hybridized carbons (Fsp3) is 0.417. The molecule has 5 rings (SSSR count). The number of hydrogen-bond acceptors (Lipinski definition) is 8.